The van der Waals surface area contributed by atoms with Gasteiger partial charge in [-0.3, -0.25) is 16.0 Å². The van der Waals surface area contributed by atoms with Crippen molar-refractivity contribution in [2.75, 3.05) is 6.54 Å². The Morgan fingerprint density at radius 1 is 0.824 bits per heavy atom. The fourth-order valence-electron chi connectivity index (χ4n) is 2.13. The van der Waals surface area contributed by atoms with E-state index in [1.54, 1.807) is 0 Å². The van der Waals surface area contributed by atoms with Crippen LogP contribution in [0.5, 0.6) is 0 Å². The summed E-state index contributed by atoms with van der Waals surface area (Å²) in [5.74, 6) is -0.173. The SMILES string of the molecule is CC(C)NC(CCN[SiH3])(NC(C)C)NC(C)C. The van der Waals surface area contributed by atoms with Crippen molar-refractivity contribution >= 4 is 10.4 Å². The van der Waals surface area contributed by atoms with Crippen molar-refractivity contribution in [3.05, 3.63) is 0 Å². The highest BCUT2D eigenvalue weighted by molar-refractivity contribution is 6.04. The molecular formula is C12H32N4Si. The number of hydrogen-bond acceptors (Lipinski definition) is 4. The van der Waals surface area contributed by atoms with E-state index in [0.717, 1.165) is 23.4 Å². The third kappa shape index (κ3) is 7.89. The summed E-state index contributed by atoms with van der Waals surface area (Å²) in [6.07, 6.45) is 1.03. The second kappa shape index (κ2) is 8.21. The molecule has 0 aliphatic heterocycles. The molecule has 0 unspecified atom stereocenters. The van der Waals surface area contributed by atoms with Crippen molar-refractivity contribution in [2.45, 2.75) is 71.9 Å². The van der Waals surface area contributed by atoms with Crippen molar-refractivity contribution in [3.63, 3.8) is 0 Å². The van der Waals surface area contributed by atoms with Crippen molar-refractivity contribution in [2.24, 2.45) is 0 Å². The molecule has 0 atom stereocenters. The molecule has 4 N–H and O–H groups in total. The minimum absolute atomic E-state index is 0.173. The van der Waals surface area contributed by atoms with Gasteiger partial charge in [-0.2, -0.15) is 0 Å². The van der Waals surface area contributed by atoms with E-state index in [1.807, 2.05) is 0 Å². The van der Waals surface area contributed by atoms with Crippen LogP contribution in [0.4, 0.5) is 0 Å². The summed E-state index contributed by atoms with van der Waals surface area (Å²) in [6, 6.07) is 1.34. The normalized spacial score (nSPS) is 13.2. The summed E-state index contributed by atoms with van der Waals surface area (Å²) < 4.78 is 0. The van der Waals surface area contributed by atoms with Crippen molar-refractivity contribution in [1.82, 2.24) is 20.9 Å². The lowest BCUT2D eigenvalue weighted by Crippen LogP contribution is -2.71. The van der Waals surface area contributed by atoms with E-state index in [0.29, 0.717) is 18.1 Å². The Kier molecular flexibility index (Phi) is 8.24. The summed E-state index contributed by atoms with van der Waals surface area (Å²) >= 11 is 0. The van der Waals surface area contributed by atoms with E-state index >= 15 is 0 Å². The number of nitrogens with one attached hydrogen (secondary N) is 4. The first kappa shape index (κ1) is 17.1. The van der Waals surface area contributed by atoms with Gasteiger partial charge in [0.15, 0.2) is 0 Å². The fraction of sp³-hybridized carbons (Fsp3) is 1.00. The molecule has 0 rings (SSSR count). The third-order valence-corrected chi connectivity index (χ3v) is 2.86. The second-order valence-corrected chi connectivity index (χ2v) is 6.36. The van der Waals surface area contributed by atoms with Crippen LogP contribution in [0.2, 0.25) is 0 Å². The van der Waals surface area contributed by atoms with Gasteiger partial charge in [0.2, 0.25) is 0 Å². The van der Waals surface area contributed by atoms with Crippen LogP contribution in [0.15, 0.2) is 0 Å². The highest BCUT2D eigenvalue weighted by Crippen LogP contribution is 2.07. The van der Waals surface area contributed by atoms with Crippen LogP contribution in [-0.2, 0) is 0 Å². The van der Waals surface area contributed by atoms with Gasteiger partial charge in [-0.05, 0) is 48.1 Å². The lowest BCUT2D eigenvalue weighted by atomic mass is 10.1. The molecular weight excluding hydrogens is 228 g/mol. The molecule has 0 aliphatic carbocycles. The Balaban J connectivity index is 4.76. The largest absolute Gasteiger partial charge is 0.345 e. The maximum atomic E-state index is 3.64. The van der Waals surface area contributed by atoms with Crippen LogP contribution in [0.1, 0.15) is 48.0 Å². The van der Waals surface area contributed by atoms with E-state index in [-0.39, 0.29) is 5.79 Å². The molecule has 5 heteroatoms. The zero-order chi connectivity index (χ0) is 13.5. The lowest BCUT2D eigenvalue weighted by molar-refractivity contribution is 0.143. The first-order chi connectivity index (χ1) is 7.81. The van der Waals surface area contributed by atoms with Gasteiger partial charge in [0.1, 0.15) is 5.79 Å². The minimum atomic E-state index is -0.173. The average molecular weight is 261 g/mol. The monoisotopic (exact) mass is 260 g/mol. The molecule has 0 aromatic rings. The molecule has 0 bridgehead atoms. The van der Waals surface area contributed by atoms with Gasteiger partial charge in [-0.15, -0.1) is 0 Å². The Morgan fingerprint density at radius 2 is 1.18 bits per heavy atom. The van der Waals surface area contributed by atoms with Crippen LogP contribution in [0.3, 0.4) is 0 Å². The van der Waals surface area contributed by atoms with Crippen LogP contribution in [-0.4, -0.2) is 40.9 Å². The first-order valence-corrected chi connectivity index (χ1v) is 7.79. The number of hydrogen-bond donors (Lipinski definition) is 4. The summed E-state index contributed by atoms with van der Waals surface area (Å²) in [4.78, 5) is 3.36. The van der Waals surface area contributed by atoms with Crippen molar-refractivity contribution < 1.29 is 0 Å². The summed E-state index contributed by atoms with van der Waals surface area (Å²) in [7, 11) is 1.05. The van der Waals surface area contributed by atoms with Gasteiger partial charge in [0.25, 0.3) is 0 Å². The quantitative estimate of drug-likeness (QED) is 0.345. The van der Waals surface area contributed by atoms with Crippen molar-refractivity contribution in [1.29, 1.82) is 0 Å². The molecule has 0 spiro atoms. The van der Waals surface area contributed by atoms with E-state index in [9.17, 15) is 0 Å². The van der Waals surface area contributed by atoms with Crippen molar-refractivity contribution in [3.8, 4) is 0 Å². The van der Waals surface area contributed by atoms with Gasteiger partial charge >= 0.3 is 0 Å². The predicted molar refractivity (Wildman–Crippen MR) is 80.1 cm³/mol. The van der Waals surface area contributed by atoms with Crippen LogP contribution in [0.25, 0.3) is 0 Å². The molecule has 0 heterocycles. The Bertz CT molecular complexity index is 168. The average Bonchev–Trinajstić information content (AvgIpc) is 2.11. The molecule has 0 radical (unpaired) electrons. The highest BCUT2D eigenvalue weighted by Gasteiger charge is 2.30. The van der Waals surface area contributed by atoms with Gasteiger partial charge in [0, 0.05) is 24.5 Å². The molecule has 0 fully saturated rings. The third-order valence-electron chi connectivity index (χ3n) is 2.36. The second-order valence-electron chi connectivity index (χ2n) is 5.66. The predicted octanol–water partition coefficient (Wildman–Crippen LogP) is -0.106. The molecule has 0 saturated heterocycles. The fourth-order valence-corrected chi connectivity index (χ4v) is 2.38. The summed E-state index contributed by atoms with van der Waals surface area (Å²) in [5.41, 5.74) is 0. The first-order valence-electron chi connectivity index (χ1n) is 6.79. The van der Waals surface area contributed by atoms with E-state index in [2.05, 4.69) is 62.5 Å². The number of rotatable bonds is 9. The smallest absolute Gasteiger partial charge is 0.125 e. The van der Waals surface area contributed by atoms with Gasteiger partial charge in [-0.25, -0.2) is 0 Å². The zero-order valence-corrected chi connectivity index (χ0v) is 14.6. The highest BCUT2D eigenvalue weighted by atomic mass is 28.2. The van der Waals surface area contributed by atoms with E-state index in [1.165, 1.54) is 0 Å². The maximum absolute atomic E-state index is 3.64. The zero-order valence-electron chi connectivity index (χ0n) is 12.6. The topological polar surface area (TPSA) is 48.1 Å². The van der Waals surface area contributed by atoms with Gasteiger partial charge in [0.05, 0.1) is 10.4 Å². The van der Waals surface area contributed by atoms with E-state index in [4.69, 9.17) is 0 Å². The summed E-state index contributed by atoms with van der Waals surface area (Å²) in [5, 5.41) is 10.9. The van der Waals surface area contributed by atoms with Gasteiger partial charge < -0.3 is 4.98 Å². The molecule has 0 amide bonds. The minimum Gasteiger partial charge on any atom is -0.345 e. The molecule has 0 aromatic carbocycles. The maximum Gasteiger partial charge on any atom is 0.125 e. The molecule has 0 aliphatic rings. The Labute approximate surface area is 110 Å². The van der Waals surface area contributed by atoms with Gasteiger partial charge in [-0.1, -0.05) is 0 Å². The molecule has 104 valence electrons. The van der Waals surface area contributed by atoms with Crippen LogP contribution in [0, 0.1) is 0 Å². The van der Waals surface area contributed by atoms with Crippen LogP contribution >= 0.6 is 0 Å². The molecule has 0 aromatic heterocycles. The Morgan fingerprint density at radius 3 is 1.41 bits per heavy atom. The van der Waals surface area contributed by atoms with E-state index < -0.39 is 0 Å². The lowest BCUT2D eigenvalue weighted by Gasteiger charge is -2.41. The Hall–Kier alpha value is 0.0569. The molecule has 17 heavy (non-hydrogen) atoms. The standard InChI is InChI=1S/C12H32N4Si/c1-9(2)14-12(7-8-13-17,15-10(3)4)16-11(5)6/h9-11,13-16H,7-8H2,1-6,17H3. The van der Waals surface area contributed by atoms with Crippen LogP contribution < -0.4 is 20.9 Å². The molecule has 0 saturated carbocycles. The molecule has 4 nitrogen and oxygen atoms in total. The summed E-state index contributed by atoms with van der Waals surface area (Å²) in [6.45, 7) is 14.2.